The van der Waals surface area contributed by atoms with E-state index in [1.807, 2.05) is 73.4 Å². The Hall–Kier alpha value is -3.16. The summed E-state index contributed by atoms with van der Waals surface area (Å²) in [6, 6.07) is 18.3. The Morgan fingerprint density at radius 3 is 2.55 bits per heavy atom. The monoisotopic (exact) mass is 444 g/mol. The van der Waals surface area contributed by atoms with E-state index in [0.29, 0.717) is 15.8 Å². The van der Waals surface area contributed by atoms with Gasteiger partial charge in [0.25, 0.3) is 5.91 Å². The number of likely N-dealkylation sites (N-methyl/N-ethyl adjacent to an activating group) is 1. The number of aryl methyl sites for hydroxylation is 1. The Balaban J connectivity index is 1.71. The van der Waals surface area contributed by atoms with Gasteiger partial charge in [-0.1, -0.05) is 60.4 Å². The van der Waals surface area contributed by atoms with Crippen molar-refractivity contribution in [3.8, 4) is 16.9 Å². The van der Waals surface area contributed by atoms with Gasteiger partial charge in [-0.05, 0) is 31.2 Å². The highest BCUT2D eigenvalue weighted by Crippen LogP contribution is 2.36. The molecule has 0 bridgehead atoms. The van der Waals surface area contributed by atoms with E-state index in [4.69, 9.17) is 17.3 Å². The molecule has 1 fully saturated rings. The number of thioether (sulfide) groups is 1. The lowest BCUT2D eigenvalue weighted by atomic mass is 10.1. The minimum atomic E-state index is -0.0474. The van der Waals surface area contributed by atoms with Crippen molar-refractivity contribution in [2.45, 2.75) is 6.92 Å². The summed E-state index contributed by atoms with van der Waals surface area (Å²) in [7, 11) is 2.03. The van der Waals surface area contributed by atoms with Crippen molar-refractivity contribution in [1.82, 2.24) is 19.2 Å². The summed E-state index contributed by atoms with van der Waals surface area (Å²) in [5.41, 5.74) is 4.85. The number of para-hydroxylation sites is 2. The van der Waals surface area contributed by atoms with E-state index in [1.165, 1.54) is 11.8 Å². The third-order valence-corrected chi connectivity index (χ3v) is 6.77. The second kappa shape index (κ2) is 7.83. The number of carbonyl (C=O) groups excluding carboxylic acids is 1. The Morgan fingerprint density at radius 1 is 1.06 bits per heavy atom. The predicted molar refractivity (Wildman–Crippen MR) is 131 cm³/mol. The zero-order valence-electron chi connectivity index (χ0n) is 17.1. The SMILES string of the molecule is CCN1C(=O)/C(=C\c2cn(-c3ccccc3)nc2-c2cn(C)c3ccccc23)SC1=S. The number of amides is 1. The van der Waals surface area contributed by atoms with Crippen LogP contribution < -0.4 is 0 Å². The molecular weight excluding hydrogens is 424 g/mol. The molecule has 0 radical (unpaired) electrons. The number of thiocarbonyl (C=S) groups is 1. The van der Waals surface area contributed by atoms with Gasteiger partial charge >= 0.3 is 0 Å². The highest BCUT2D eigenvalue weighted by Gasteiger charge is 2.31. The van der Waals surface area contributed by atoms with Gasteiger partial charge in [0.15, 0.2) is 0 Å². The first-order chi connectivity index (χ1) is 15.1. The van der Waals surface area contributed by atoms with E-state index < -0.39 is 0 Å². The smallest absolute Gasteiger partial charge is 0.266 e. The van der Waals surface area contributed by atoms with Crippen molar-refractivity contribution in [2.75, 3.05) is 6.54 Å². The van der Waals surface area contributed by atoms with Crippen molar-refractivity contribution in [3.63, 3.8) is 0 Å². The van der Waals surface area contributed by atoms with Gasteiger partial charge in [0, 0.05) is 48.0 Å². The molecule has 31 heavy (non-hydrogen) atoms. The van der Waals surface area contributed by atoms with Crippen LogP contribution >= 0.6 is 24.0 Å². The van der Waals surface area contributed by atoms with Crippen molar-refractivity contribution < 1.29 is 4.79 Å². The van der Waals surface area contributed by atoms with Gasteiger partial charge in [-0.25, -0.2) is 4.68 Å². The van der Waals surface area contributed by atoms with Crippen LogP contribution in [0, 0.1) is 0 Å². The number of fused-ring (bicyclic) bond motifs is 1. The van der Waals surface area contributed by atoms with E-state index in [2.05, 4.69) is 22.9 Å². The standard InChI is InChI=1S/C24H20N4OS2/c1-3-27-23(29)21(31-24(27)30)13-16-14-28(17-9-5-4-6-10-17)25-22(16)19-15-26(2)20-12-8-7-11-18(19)20/h4-15H,3H2,1-2H3/b21-13+. The Bertz CT molecular complexity index is 1350. The molecule has 0 unspecified atom stereocenters. The Morgan fingerprint density at radius 2 is 1.81 bits per heavy atom. The fourth-order valence-electron chi connectivity index (χ4n) is 3.86. The normalized spacial score (nSPS) is 15.5. The van der Waals surface area contributed by atoms with Gasteiger partial charge in [0.1, 0.15) is 10.0 Å². The second-order valence-electron chi connectivity index (χ2n) is 7.31. The summed E-state index contributed by atoms with van der Waals surface area (Å²) in [4.78, 5) is 15.1. The lowest BCUT2D eigenvalue weighted by molar-refractivity contribution is -0.121. The van der Waals surface area contributed by atoms with Crippen LogP contribution in [0.15, 0.2) is 71.9 Å². The number of benzene rings is 2. The molecule has 2 aromatic heterocycles. The van der Waals surface area contributed by atoms with Crippen LogP contribution in [0.25, 0.3) is 33.9 Å². The molecule has 3 heterocycles. The highest BCUT2D eigenvalue weighted by atomic mass is 32.2. The average Bonchev–Trinajstić information content (AvgIpc) is 3.43. The molecule has 7 heteroatoms. The van der Waals surface area contributed by atoms with Crippen LogP contribution in [-0.4, -0.2) is 36.0 Å². The number of nitrogens with zero attached hydrogens (tertiary/aromatic N) is 4. The molecule has 0 saturated carbocycles. The first-order valence-corrected chi connectivity index (χ1v) is 11.2. The van der Waals surface area contributed by atoms with Crippen LogP contribution in [0.4, 0.5) is 0 Å². The number of rotatable bonds is 4. The average molecular weight is 445 g/mol. The molecule has 1 amide bonds. The van der Waals surface area contributed by atoms with Crippen molar-refractivity contribution in [1.29, 1.82) is 0 Å². The summed E-state index contributed by atoms with van der Waals surface area (Å²) in [6.07, 6.45) is 5.99. The molecule has 4 aromatic rings. The quantitative estimate of drug-likeness (QED) is 0.318. The fraction of sp³-hybridized carbons (Fsp3) is 0.125. The zero-order valence-corrected chi connectivity index (χ0v) is 18.8. The molecule has 0 N–H and O–H groups in total. The molecule has 154 valence electrons. The van der Waals surface area contributed by atoms with Crippen molar-refractivity contribution >= 4 is 51.2 Å². The van der Waals surface area contributed by atoms with Crippen molar-refractivity contribution in [3.05, 3.63) is 77.5 Å². The summed E-state index contributed by atoms with van der Waals surface area (Å²) in [6.45, 7) is 2.50. The molecule has 1 saturated heterocycles. The predicted octanol–water partition coefficient (Wildman–Crippen LogP) is 5.25. The number of hydrogen-bond acceptors (Lipinski definition) is 4. The molecule has 0 atom stereocenters. The Kier molecular flexibility index (Phi) is 5.00. The van der Waals surface area contributed by atoms with Gasteiger partial charge in [-0.3, -0.25) is 9.69 Å². The zero-order chi connectivity index (χ0) is 21.5. The largest absolute Gasteiger partial charge is 0.350 e. The molecule has 1 aliphatic heterocycles. The van der Waals surface area contributed by atoms with Gasteiger partial charge in [0.05, 0.1) is 10.6 Å². The molecule has 5 nitrogen and oxygen atoms in total. The summed E-state index contributed by atoms with van der Waals surface area (Å²) in [5.74, 6) is -0.0474. The molecule has 2 aromatic carbocycles. The van der Waals surface area contributed by atoms with E-state index >= 15 is 0 Å². The molecule has 5 rings (SSSR count). The molecule has 0 aliphatic carbocycles. The molecular formula is C24H20N4OS2. The van der Waals surface area contributed by atoms with Crippen LogP contribution in [0.5, 0.6) is 0 Å². The highest BCUT2D eigenvalue weighted by molar-refractivity contribution is 8.26. The topological polar surface area (TPSA) is 43.1 Å². The van der Waals surface area contributed by atoms with E-state index in [0.717, 1.165) is 33.4 Å². The van der Waals surface area contributed by atoms with E-state index in [-0.39, 0.29) is 5.91 Å². The minimum absolute atomic E-state index is 0.0474. The van der Waals surface area contributed by atoms with Crippen LogP contribution in [0.1, 0.15) is 12.5 Å². The number of aromatic nitrogens is 3. The minimum Gasteiger partial charge on any atom is -0.350 e. The van der Waals surface area contributed by atoms with E-state index in [1.54, 1.807) is 4.90 Å². The first kappa shape index (κ1) is 19.8. The van der Waals surface area contributed by atoms with Crippen LogP contribution in [-0.2, 0) is 11.8 Å². The van der Waals surface area contributed by atoms with Gasteiger partial charge < -0.3 is 4.57 Å². The van der Waals surface area contributed by atoms with E-state index in [9.17, 15) is 4.79 Å². The molecule has 0 spiro atoms. The lowest BCUT2D eigenvalue weighted by Crippen LogP contribution is -2.27. The molecule has 1 aliphatic rings. The third-order valence-electron chi connectivity index (χ3n) is 5.39. The van der Waals surface area contributed by atoms with Gasteiger partial charge in [0.2, 0.25) is 0 Å². The summed E-state index contributed by atoms with van der Waals surface area (Å²) in [5, 5.41) is 6.06. The third kappa shape index (κ3) is 3.40. The maximum absolute atomic E-state index is 12.8. The first-order valence-electron chi connectivity index (χ1n) is 10.0. The summed E-state index contributed by atoms with van der Waals surface area (Å²) >= 11 is 6.73. The van der Waals surface area contributed by atoms with Crippen molar-refractivity contribution in [2.24, 2.45) is 7.05 Å². The Labute approximate surface area is 190 Å². The van der Waals surface area contributed by atoms with Crippen LogP contribution in [0.2, 0.25) is 0 Å². The fourth-order valence-corrected chi connectivity index (χ4v) is 5.23. The van der Waals surface area contributed by atoms with Gasteiger partial charge in [-0.15, -0.1) is 0 Å². The number of hydrogen-bond donors (Lipinski definition) is 0. The summed E-state index contributed by atoms with van der Waals surface area (Å²) < 4.78 is 4.57. The number of carbonyl (C=O) groups is 1. The van der Waals surface area contributed by atoms with Crippen LogP contribution in [0.3, 0.4) is 0 Å². The second-order valence-corrected chi connectivity index (χ2v) is 8.99. The maximum atomic E-state index is 12.8. The lowest BCUT2D eigenvalue weighted by Gasteiger charge is -2.09. The van der Waals surface area contributed by atoms with Gasteiger partial charge in [-0.2, -0.15) is 5.10 Å². The maximum Gasteiger partial charge on any atom is 0.266 e.